The average Bonchev–Trinajstić information content (AvgIpc) is 2.74. The molecule has 1 heterocycles. The lowest BCUT2D eigenvalue weighted by molar-refractivity contribution is -0.390. The number of hydrogen-bond acceptors (Lipinski definition) is 7. The molecule has 0 saturated heterocycles. The first-order valence-electron chi connectivity index (χ1n) is 10.4. The van der Waals surface area contributed by atoms with Gasteiger partial charge >= 0.3 is 11.8 Å². The van der Waals surface area contributed by atoms with Gasteiger partial charge in [0, 0.05) is 11.5 Å². The molecule has 8 heteroatoms. The van der Waals surface area contributed by atoms with Crippen LogP contribution < -0.4 is 16.8 Å². The van der Waals surface area contributed by atoms with E-state index >= 15 is 0 Å². The van der Waals surface area contributed by atoms with E-state index in [0.717, 1.165) is 38.5 Å². The molecule has 5 N–H and O–H groups in total. The topological polar surface area (TPSA) is 133 Å². The fourth-order valence-electron chi connectivity index (χ4n) is 4.01. The third kappa shape index (κ3) is 5.87. The summed E-state index contributed by atoms with van der Waals surface area (Å²) in [6.45, 7) is 1.33. The minimum absolute atomic E-state index is 0.177. The summed E-state index contributed by atoms with van der Waals surface area (Å²) in [6, 6.07) is 10.2. The molecule has 29 heavy (non-hydrogen) atoms. The first-order chi connectivity index (χ1) is 14.1. The smallest absolute Gasteiger partial charge is 0.374 e. The predicted octanol–water partition coefficient (Wildman–Crippen LogP) is 3.32. The Morgan fingerprint density at radius 1 is 1.10 bits per heavy atom. The number of rotatable bonds is 9. The van der Waals surface area contributed by atoms with Gasteiger partial charge in [-0.2, -0.15) is 4.98 Å². The van der Waals surface area contributed by atoms with Gasteiger partial charge in [-0.1, -0.05) is 30.3 Å². The van der Waals surface area contributed by atoms with E-state index in [9.17, 15) is 10.1 Å². The molecule has 2 aromatic rings. The lowest BCUT2D eigenvalue weighted by atomic mass is 9.79. The van der Waals surface area contributed by atoms with Crippen molar-refractivity contribution in [1.29, 1.82) is 0 Å². The maximum atomic E-state index is 11.6. The van der Waals surface area contributed by atoms with E-state index in [-0.39, 0.29) is 17.6 Å². The lowest BCUT2D eigenvalue weighted by Gasteiger charge is -2.27. The third-order valence-corrected chi connectivity index (χ3v) is 5.75. The predicted molar refractivity (Wildman–Crippen MR) is 115 cm³/mol. The lowest BCUT2D eigenvalue weighted by Crippen LogP contribution is -2.23. The second-order valence-electron chi connectivity index (χ2n) is 7.83. The summed E-state index contributed by atoms with van der Waals surface area (Å²) < 4.78 is 0. The van der Waals surface area contributed by atoms with Crippen LogP contribution in [0.3, 0.4) is 0 Å². The van der Waals surface area contributed by atoms with Crippen molar-refractivity contribution < 1.29 is 4.92 Å². The number of hydrogen-bond donors (Lipinski definition) is 3. The van der Waals surface area contributed by atoms with Gasteiger partial charge in [-0.05, 0) is 73.8 Å². The highest BCUT2D eigenvalue weighted by Gasteiger charge is 2.28. The molecule has 1 aromatic heterocycles. The first kappa shape index (κ1) is 21.0. The van der Waals surface area contributed by atoms with E-state index in [1.165, 1.54) is 5.56 Å². The number of nitro groups is 1. The standard InChI is InChI=1S/C21H30N6O2/c22-14-17-10-8-16(9-11-17)13-18-19(23)25-21(26-20(18)27(28)29)24-12-4-7-15-5-2-1-3-6-15/h1-3,5-6,16-17H,4,7-14,22H2,(H3,23,24,25,26). The number of nitrogens with one attached hydrogen (secondary N) is 1. The number of aryl methyl sites for hydroxylation is 1. The highest BCUT2D eigenvalue weighted by atomic mass is 16.6. The van der Waals surface area contributed by atoms with Crippen molar-refractivity contribution >= 4 is 17.6 Å². The maximum absolute atomic E-state index is 11.6. The molecule has 1 aromatic carbocycles. The first-order valence-corrected chi connectivity index (χ1v) is 10.4. The van der Waals surface area contributed by atoms with Gasteiger partial charge in [-0.15, -0.1) is 0 Å². The Labute approximate surface area is 171 Å². The van der Waals surface area contributed by atoms with E-state index < -0.39 is 4.92 Å². The molecule has 0 spiro atoms. The molecule has 0 radical (unpaired) electrons. The number of nitrogens with two attached hydrogens (primary N) is 2. The van der Waals surface area contributed by atoms with E-state index in [1.807, 2.05) is 18.2 Å². The molecular formula is C21H30N6O2. The normalized spacial score (nSPS) is 19.1. The summed E-state index contributed by atoms with van der Waals surface area (Å²) in [6.07, 6.45) is 6.49. The quantitative estimate of drug-likeness (QED) is 0.335. The van der Waals surface area contributed by atoms with Crippen LogP contribution in [0.2, 0.25) is 0 Å². The molecular weight excluding hydrogens is 368 g/mol. The highest BCUT2D eigenvalue weighted by molar-refractivity contribution is 5.53. The monoisotopic (exact) mass is 398 g/mol. The van der Waals surface area contributed by atoms with Gasteiger partial charge in [0.25, 0.3) is 0 Å². The van der Waals surface area contributed by atoms with Crippen LogP contribution >= 0.6 is 0 Å². The fourth-order valence-corrected chi connectivity index (χ4v) is 4.01. The second kappa shape index (κ2) is 10.2. The second-order valence-corrected chi connectivity index (χ2v) is 7.83. The third-order valence-electron chi connectivity index (χ3n) is 5.75. The van der Waals surface area contributed by atoms with Gasteiger partial charge < -0.3 is 26.9 Å². The Bertz CT molecular complexity index is 806. The zero-order chi connectivity index (χ0) is 20.6. The van der Waals surface area contributed by atoms with E-state index in [0.29, 0.717) is 36.9 Å². The van der Waals surface area contributed by atoms with Gasteiger partial charge in [0.05, 0.1) is 5.56 Å². The van der Waals surface area contributed by atoms with Crippen LogP contribution in [0.15, 0.2) is 30.3 Å². The largest absolute Gasteiger partial charge is 0.383 e. The summed E-state index contributed by atoms with van der Waals surface area (Å²) >= 11 is 0. The van der Waals surface area contributed by atoms with Crippen LogP contribution in [-0.2, 0) is 12.8 Å². The summed E-state index contributed by atoms with van der Waals surface area (Å²) in [4.78, 5) is 19.6. The average molecular weight is 399 g/mol. The number of aromatic nitrogens is 2. The SMILES string of the molecule is NCC1CCC(Cc2c(N)nc(NCCCc3ccccc3)nc2[N+](=O)[O-])CC1. The van der Waals surface area contributed by atoms with Crippen LogP contribution in [0, 0.1) is 22.0 Å². The molecule has 0 aliphatic heterocycles. The number of nitrogens with zero attached hydrogens (tertiary/aromatic N) is 3. The molecule has 0 unspecified atom stereocenters. The Kier molecular flexibility index (Phi) is 7.35. The minimum atomic E-state index is -0.450. The zero-order valence-corrected chi connectivity index (χ0v) is 16.7. The van der Waals surface area contributed by atoms with Gasteiger partial charge in [0.15, 0.2) is 0 Å². The van der Waals surface area contributed by atoms with Crippen molar-refractivity contribution in [3.05, 3.63) is 51.6 Å². The molecule has 1 fully saturated rings. The van der Waals surface area contributed by atoms with E-state index in [4.69, 9.17) is 11.5 Å². The number of benzene rings is 1. The van der Waals surface area contributed by atoms with E-state index in [1.54, 1.807) is 0 Å². The molecule has 0 bridgehead atoms. The van der Waals surface area contributed by atoms with Gasteiger partial charge in [0.1, 0.15) is 5.82 Å². The summed E-state index contributed by atoms with van der Waals surface area (Å²) in [7, 11) is 0. The molecule has 1 aliphatic carbocycles. The summed E-state index contributed by atoms with van der Waals surface area (Å²) in [5.41, 5.74) is 13.6. The number of anilines is 2. The van der Waals surface area contributed by atoms with Crippen molar-refractivity contribution in [3.8, 4) is 0 Å². The van der Waals surface area contributed by atoms with Crippen LogP contribution in [-0.4, -0.2) is 28.0 Å². The van der Waals surface area contributed by atoms with Crippen molar-refractivity contribution in [2.45, 2.75) is 44.9 Å². The van der Waals surface area contributed by atoms with Gasteiger partial charge in [-0.25, -0.2) is 0 Å². The Hall–Kier alpha value is -2.74. The Morgan fingerprint density at radius 3 is 2.45 bits per heavy atom. The van der Waals surface area contributed by atoms with Crippen LogP contribution in [0.25, 0.3) is 0 Å². The highest BCUT2D eigenvalue weighted by Crippen LogP contribution is 2.34. The fraction of sp³-hybridized carbons (Fsp3) is 0.524. The zero-order valence-electron chi connectivity index (χ0n) is 16.7. The molecule has 0 atom stereocenters. The molecule has 0 amide bonds. The maximum Gasteiger partial charge on any atom is 0.374 e. The van der Waals surface area contributed by atoms with Crippen LogP contribution in [0.4, 0.5) is 17.6 Å². The van der Waals surface area contributed by atoms with Crippen molar-refractivity contribution in [3.63, 3.8) is 0 Å². The number of nitrogen functional groups attached to an aromatic ring is 1. The molecule has 3 rings (SSSR count). The van der Waals surface area contributed by atoms with Crippen molar-refractivity contribution in [2.24, 2.45) is 17.6 Å². The van der Waals surface area contributed by atoms with Crippen LogP contribution in [0.5, 0.6) is 0 Å². The molecule has 1 aliphatic rings. The summed E-state index contributed by atoms with van der Waals surface area (Å²) in [5.74, 6) is 1.18. The van der Waals surface area contributed by atoms with Crippen molar-refractivity contribution in [2.75, 3.05) is 24.1 Å². The Morgan fingerprint density at radius 2 is 1.79 bits per heavy atom. The van der Waals surface area contributed by atoms with E-state index in [2.05, 4.69) is 27.4 Å². The molecule has 156 valence electrons. The van der Waals surface area contributed by atoms with Crippen LogP contribution in [0.1, 0.15) is 43.2 Å². The molecule has 8 nitrogen and oxygen atoms in total. The summed E-state index contributed by atoms with van der Waals surface area (Å²) in [5, 5.41) is 14.7. The Balaban J connectivity index is 1.61. The van der Waals surface area contributed by atoms with Crippen molar-refractivity contribution in [1.82, 2.24) is 9.97 Å². The molecule has 1 saturated carbocycles. The van der Waals surface area contributed by atoms with Gasteiger partial charge in [-0.3, -0.25) is 0 Å². The van der Waals surface area contributed by atoms with Gasteiger partial charge in [0.2, 0.25) is 0 Å². The minimum Gasteiger partial charge on any atom is -0.383 e.